The molecule has 3 rings (SSSR count). The molecule has 6 nitrogen and oxygen atoms in total. The first-order chi connectivity index (χ1) is 11.0. The smallest absolute Gasteiger partial charge is 0.223 e. The normalized spacial score (nSPS) is 19.7. The van der Waals surface area contributed by atoms with E-state index in [2.05, 4.69) is 9.97 Å². The quantitative estimate of drug-likeness (QED) is 0.616. The predicted molar refractivity (Wildman–Crippen MR) is 87.4 cm³/mol. The van der Waals surface area contributed by atoms with Crippen molar-refractivity contribution in [1.82, 2.24) is 14.9 Å². The van der Waals surface area contributed by atoms with E-state index in [0.29, 0.717) is 39.1 Å². The number of nitrogens with zero attached hydrogens (tertiary/aromatic N) is 3. The summed E-state index contributed by atoms with van der Waals surface area (Å²) in [5.74, 6) is -0.390. The van der Waals surface area contributed by atoms with Gasteiger partial charge in [-0.15, -0.1) is 0 Å². The average molecular weight is 337 g/mol. The maximum atomic E-state index is 12.5. The summed E-state index contributed by atoms with van der Waals surface area (Å²) in [7, 11) is 0. The van der Waals surface area contributed by atoms with Crippen LogP contribution in [0.4, 0.5) is 0 Å². The minimum atomic E-state index is -0.537. The lowest BCUT2D eigenvalue weighted by Gasteiger charge is -2.22. The molecule has 2 saturated heterocycles. The monoisotopic (exact) mass is 337 g/mol. The van der Waals surface area contributed by atoms with Crippen molar-refractivity contribution in [2.75, 3.05) is 32.6 Å². The van der Waals surface area contributed by atoms with Crippen molar-refractivity contribution < 1.29 is 14.3 Å². The highest BCUT2D eigenvalue weighted by atomic mass is 32.2. The van der Waals surface area contributed by atoms with Gasteiger partial charge in [0.15, 0.2) is 10.9 Å². The largest absolute Gasteiger partial charge is 0.346 e. The van der Waals surface area contributed by atoms with Gasteiger partial charge in [-0.1, -0.05) is 11.8 Å². The Morgan fingerprint density at radius 3 is 2.52 bits per heavy atom. The summed E-state index contributed by atoms with van der Waals surface area (Å²) < 4.78 is 11.3. The van der Waals surface area contributed by atoms with Crippen LogP contribution in [0.2, 0.25) is 0 Å². The molecule has 3 heterocycles. The summed E-state index contributed by atoms with van der Waals surface area (Å²) in [5, 5.41) is 0.784. The third-order valence-electron chi connectivity index (χ3n) is 4.53. The van der Waals surface area contributed by atoms with Gasteiger partial charge in [0.25, 0.3) is 0 Å². The van der Waals surface area contributed by atoms with Crippen LogP contribution < -0.4 is 0 Å². The first-order valence-corrected chi connectivity index (χ1v) is 9.19. The second kappa shape index (κ2) is 6.75. The third-order valence-corrected chi connectivity index (χ3v) is 5.08. The molecule has 0 bridgehead atoms. The standard InChI is InChI=1S/C16H23N3O3S/c1-11-13(12(2)18-15(17-11)23-3)4-5-14(20)19-7-6-16(10-19)21-8-9-22-16/h4-10H2,1-3H3. The highest BCUT2D eigenvalue weighted by Crippen LogP contribution is 2.30. The zero-order chi connectivity index (χ0) is 16.4. The van der Waals surface area contributed by atoms with Gasteiger partial charge in [0.05, 0.1) is 19.8 Å². The summed E-state index contributed by atoms with van der Waals surface area (Å²) in [6, 6.07) is 0. The molecule has 2 aliphatic rings. The van der Waals surface area contributed by atoms with Gasteiger partial charge in [-0.2, -0.15) is 0 Å². The van der Waals surface area contributed by atoms with E-state index < -0.39 is 5.79 Å². The minimum Gasteiger partial charge on any atom is -0.346 e. The molecular weight excluding hydrogens is 314 g/mol. The molecule has 1 aromatic rings. The Bertz CT molecular complexity index is 579. The highest BCUT2D eigenvalue weighted by molar-refractivity contribution is 7.98. The van der Waals surface area contributed by atoms with E-state index in [9.17, 15) is 4.79 Å². The fourth-order valence-corrected chi connectivity index (χ4v) is 3.71. The van der Waals surface area contributed by atoms with Crippen LogP contribution in [0, 0.1) is 13.8 Å². The zero-order valence-corrected chi connectivity index (χ0v) is 14.7. The number of carbonyl (C=O) groups is 1. The van der Waals surface area contributed by atoms with Crippen LogP contribution in [-0.4, -0.2) is 59.1 Å². The van der Waals surface area contributed by atoms with Crippen molar-refractivity contribution in [1.29, 1.82) is 0 Å². The van der Waals surface area contributed by atoms with Crippen LogP contribution in [0.3, 0.4) is 0 Å². The van der Waals surface area contributed by atoms with Crippen molar-refractivity contribution in [3.8, 4) is 0 Å². The van der Waals surface area contributed by atoms with E-state index in [1.54, 1.807) is 0 Å². The number of likely N-dealkylation sites (tertiary alicyclic amines) is 1. The molecule has 0 unspecified atom stereocenters. The van der Waals surface area contributed by atoms with Crippen molar-refractivity contribution in [2.24, 2.45) is 0 Å². The van der Waals surface area contributed by atoms with Crippen LogP contribution in [0.15, 0.2) is 5.16 Å². The molecule has 2 aliphatic heterocycles. The zero-order valence-electron chi connectivity index (χ0n) is 13.9. The van der Waals surface area contributed by atoms with Crippen LogP contribution >= 0.6 is 11.8 Å². The molecule has 7 heteroatoms. The Morgan fingerprint density at radius 2 is 1.91 bits per heavy atom. The molecule has 0 N–H and O–H groups in total. The highest BCUT2D eigenvalue weighted by Gasteiger charge is 2.44. The van der Waals surface area contributed by atoms with Gasteiger partial charge in [-0.3, -0.25) is 4.79 Å². The Balaban J connectivity index is 1.59. The number of aryl methyl sites for hydroxylation is 2. The first kappa shape index (κ1) is 16.7. The molecule has 0 aliphatic carbocycles. The summed E-state index contributed by atoms with van der Waals surface area (Å²) in [4.78, 5) is 23.3. The van der Waals surface area contributed by atoms with Crippen molar-refractivity contribution >= 4 is 17.7 Å². The van der Waals surface area contributed by atoms with Crippen molar-refractivity contribution in [3.63, 3.8) is 0 Å². The average Bonchev–Trinajstić information content (AvgIpc) is 3.16. The predicted octanol–water partition coefficient (Wildman–Crippen LogP) is 1.72. The van der Waals surface area contributed by atoms with Gasteiger partial charge >= 0.3 is 0 Å². The second-order valence-corrected chi connectivity index (χ2v) is 6.81. The third kappa shape index (κ3) is 3.51. The Hall–Kier alpha value is -1.18. The number of aromatic nitrogens is 2. The molecule has 1 spiro atoms. The number of carbonyl (C=O) groups excluding carboxylic acids is 1. The number of thioether (sulfide) groups is 1. The fraction of sp³-hybridized carbons (Fsp3) is 0.688. The molecule has 126 valence electrons. The Labute approximate surface area is 141 Å². The summed E-state index contributed by atoms with van der Waals surface area (Å²) in [6.07, 6.45) is 3.88. The molecule has 1 aromatic heterocycles. The van der Waals surface area contributed by atoms with Crippen LogP contribution in [0.5, 0.6) is 0 Å². The van der Waals surface area contributed by atoms with Crippen LogP contribution in [-0.2, 0) is 20.7 Å². The van der Waals surface area contributed by atoms with E-state index in [1.807, 2.05) is 25.0 Å². The van der Waals surface area contributed by atoms with Crippen molar-refractivity contribution in [3.05, 3.63) is 17.0 Å². The summed E-state index contributed by atoms with van der Waals surface area (Å²) in [6.45, 7) is 6.47. The van der Waals surface area contributed by atoms with E-state index in [1.165, 1.54) is 11.8 Å². The van der Waals surface area contributed by atoms with Crippen LogP contribution in [0.25, 0.3) is 0 Å². The topological polar surface area (TPSA) is 64.6 Å². The van der Waals surface area contributed by atoms with E-state index in [0.717, 1.165) is 28.5 Å². The van der Waals surface area contributed by atoms with Gasteiger partial charge in [0, 0.05) is 30.8 Å². The molecule has 2 fully saturated rings. The summed E-state index contributed by atoms with van der Waals surface area (Å²) in [5.41, 5.74) is 3.02. The van der Waals surface area contributed by atoms with Gasteiger partial charge in [-0.25, -0.2) is 9.97 Å². The molecular formula is C16H23N3O3S. The number of ether oxygens (including phenoxy) is 2. The fourth-order valence-electron chi connectivity index (χ4n) is 3.25. The molecule has 0 radical (unpaired) electrons. The van der Waals surface area contributed by atoms with E-state index in [-0.39, 0.29) is 5.91 Å². The van der Waals surface area contributed by atoms with E-state index >= 15 is 0 Å². The molecule has 23 heavy (non-hydrogen) atoms. The summed E-state index contributed by atoms with van der Waals surface area (Å²) >= 11 is 1.54. The maximum absolute atomic E-state index is 12.5. The Morgan fingerprint density at radius 1 is 1.26 bits per heavy atom. The van der Waals surface area contributed by atoms with Gasteiger partial charge in [0.1, 0.15) is 0 Å². The number of rotatable bonds is 4. The number of amides is 1. The van der Waals surface area contributed by atoms with Crippen molar-refractivity contribution in [2.45, 2.75) is 44.1 Å². The minimum absolute atomic E-state index is 0.147. The number of hydrogen-bond acceptors (Lipinski definition) is 6. The lowest BCUT2D eigenvalue weighted by atomic mass is 10.1. The van der Waals surface area contributed by atoms with Crippen LogP contribution in [0.1, 0.15) is 29.8 Å². The second-order valence-electron chi connectivity index (χ2n) is 6.03. The van der Waals surface area contributed by atoms with Gasteiger partial charge in [0.2, 0.25) is 5.91 Å². The lowest BCUT2D eigenvalue weighted by molar-refractivity contribution is -0.152. The Kier molecular flexibility index (Phi) is 4.89. The molecule has 0 aromatic carbocycles. The maximum Gasteiger partial charge on any atom is 0.223 e. The molecule has 1 amide bonds. The SMILES string of the molecule is CSc1nc(C)c(CCC(=O)N2CCC3(C2)OCCO3)c(C)n1. The molecule has 0 saturated carbocycles. The lowest BCUT2D eigenvalue weighted by Crippen LogP contribution is -2.37. The first-order valence-electron chi connectivity index (χ1n) is 7.97. The number of hydrogen-bond donors (Lipinski definition) is 0. The molecule has 0 atom stereocenters. The van der Waals surface area contributed by atoms with Gasteiger partial charge in [-0.05, 0) is 32.1 Å². The van der Waals surface area contributed by atoms with Gasteiger partial charge < -0.3 is 14.4 Å². The van der Waals surface area contributed by atoms with E-state index in [4.69, 9.17) is 9.47 Å².